The Hall–Kier alpha value is -4.40. The van der Waals surface area contributed by atoms with Crippen molar-refractivity contribution < 1.29 is 23.0 Å². The second-order valence-electron chi connectivity index (χ2n) is 8.10. The number of fused-ring (bicyclic) bond motifs is 2. The lowest BCUT2D eigenvalue weighted by Gasteiger charge is -2.24. The Labute approximate surface area is 198 Å². The van der Waals surface area contributed by atoms with E-state index in [0.717, 1.165) is 0 Å². The Kier molecular flexibility index (Phi) is 6.05. The average Bonchev–Trinajstić information content (AvgIpc) is 2.85. The molecular weight excluding hydrogens is 456 g/mol. The highest BCUT2D eigenvalue weighted by molar-refractivity contribution is 5.89. The first kappa shape index (κ1) is 22.4. The van der Waals surface area contributed by atoms with Crippen LogP contribution in [0.2, 0.25) is 0 Å². The first-order chi connectivity index (χ1) is 17.0. The molecule has 0 atom stereocenters. The highest BCUT2D eigenvalue weighted by Crippen LogP contribution is 2.33. The van der Waals surface area contributed by atoms with Crippen LogP contribution in [0.15, 0.2) is 71.5 Å². The standard InChI is InChI=1S/C26H21F2N3O4/c27-19-7-5-16(6-8-19)14-31(26(33)30-21-4-2-1-3-20(21)28)15-18-11-17-12-23-24(35-10-9-34-23)13-22(17)29-25(18)32/h1-8,11-13H,9-10,14-15H2,(H,29,32)(H,30,33). The van der Waals surface area contributed by atoms with Crippen molar-refractivity contribution in [2.75, 3.05) is 18.5 Å². The van der Waals surface area contributed by atoms with Gasteiger partial charge in [-0.15, -0.1) is 0 Å². The maximum Gasteiger partial charge on any atom is 0.322 e. The number of carbonyl (C=O) groups is 1. The van der Waals surface area contributed by atoms with Crippen LogP contribution >= 0.6 is 0 Å². The Morgan fingerprint density at radius 3 is 2.40 bits per heavy atom. The molecule has 0 saturated heterocycles. The maximum atomic E-state index is 14.1. The molecule has 0 fully saturated rings. The molecule has 3 aromatic carbocycles. The molecule has 0 radical (unpaired) electrons. The van der Waals surface area contributed by atoms with Crippen LogP contribution in [0, 0.1) is 11.6 Å². The molecule has 1 aromatic heterocycles. The monoisotopic (exact) mass is 477 g/mol. The molecule has 0 aliphatic carbocycles. The van der Waals surface area contributed by atoms with Gasteiger partial charge in [-0.2, -0.15) is 0 Å². The summed E-state index contributed by atoms with van der Waals surface area (Å²) in [5, 5.41) is 3.26. The summed E-state index contributed by atoms with van der Waals surface area (Å²) in [7, 11) is 0. The lowest BCUT2D eigenvalue weighted by molar-refractivity contribution is 0.172. The molecule has 2 amide bonds. The van der Waals surface area contributed by atoms with Crippen molar-refractivity contribution in [2.45, 2.75) is 13.1 Å². The SMILES string of the molecule is O=C(Nc1ccccc1F)N(Cc1ccc(F)cc1)Cc1cc2cc3c(cc2[nH]c1=O)OCCO3. The van der Waals surface area contributed by atoms with Crippen molar-refractivity contribution in [2.24, 2.45) is 0 Å². The Morgan fingerprint density at radius 1 is 0.943 bits per heavy atom. The van der Waals surface area contributed by atoms with E-state index in [1.54, 1.807) is 36.4 Å². The number of nitrogens with one attached hydrogen (secondary N) is 2. The second-order valence-corrected chi connectivity index (χ2v) is 8.10. The Morgan fingerprint density at radius 2 is 1.66 bits per heavy atom. The molecule has 0 bridgehead atoms. The summed E-state index contributed by atoms with van der Waals surface area (Å²) < 4.78 is 38.7. The fraction of sp³-hybridized carbons (Fsp3) is 0.154. The number of benzene rings is 3. The number of amides is 2. The van der Waals surface area contributed by atoms with E-state index >= 15 is 0 Å². The van der Waals surface area contributed by atoms with Gasteiger partial charge >= 0.3 is 6.03 Å². The molecule has 0 unspecified atom stereocenters. The molecule has 4 aromatic rings. The summed E-state index contributed by atoms with van der Waals surface area (Å²) in [4.78, 5) is 30.2. The van der Waals surface area contributed by atoms with Crippen LogP contribution < -0.4 is 20.3 Å². The molecule has 1 aliphatic heterocycles. The van der Waals surface area contributed by atoms with Crippen LogP contribution in [0.25, 0.3) is 10.9 Å². The van der Waals surface area contributed by atoms with Crippen molar-refractivity contribution in [3.8, 4) is 11.5 Å². The van der Waals surface area contributed by atoms with Crippen molar-refractivity contribution in [3.05, 3.63) is 99.8 Å². The van der Waals surface area contributed by atoms with E-state index in [1.807, 2.05) is 0 Å². The topological polar surface area (TPSA) is 83.7 Å². The maximum absolute atomic E-state index is 14.1. The van der Waals surface area contributed by atoms with Crippen LogP contribution in [0.3, 0.4) is 0 Å². The average molecular weight is 477 g/mol. The number of H-pyrrole nitrogens is 1. The highest BCUT2D eigenvalue weighted by atomic mass is 19.1. The molecule has 178 valence electrons. The minimum absolute atomic E-state index is 0.0119. The summed E-state index contributed by atoms with van der Waals surface area (Å²) >= 11 is 0. The number of nitrogens with zero attached hydrogens (tertiary/aromatic N) is 1. The fourth-order valence-electron chi connectivity index (χ4n) is 3.88. The Bertz CT molecular complexity index is 1450. The van der Waals surface area contributed by atoms with Gasteiger partial charge in [0, 0.05) is 23.6 Å². The van der Waals surface area contributed by atoms with E-state index in [9.17, 15) is 18.4 Å². The third kappa shape index (κ3) is 4.93. The number of hydrogen-bond donors (Lipinski definition) is 2. The lowest BCUT2D eigenvalue weighted by Crippen LogP contribution is -2.36. The van der Waals surface area contributed by atoms with E-state index in [-0.39, 0.29) is 24.3 Å². The molecule has 9 heteroatoms. The number of para-hydroxylation sites is 1. The second kappa shape index (κ2) is 9.46. The fourth-order valence-corrected chi connectivity index (χ4v) is 3.88. The summed E-state index contributed by atoms with van der Waals surface area (Å²) in [5.41, 5.74) is 1.17. The van der Waals surface area contributed by atoms with Gasteiger partial charge in [0.2, 0.25) is 0 Å². The normalized spacial score (nSPS) is 12.4. The number of rotatable bonds is 5. The predicted molar refractivity (Wildman–Crippen MR) is 127 cm³/mol. The van der Waals surface area contributed by atoms with Gasteiger partial charge in [-0.25, -0.2) is 13.6 Å². The van der Waals surface area contributed by atoms with Crippen molar-refractivity contribution in [1.29, 1.82) is 0 Å². The molecule has 5 rings (SSSR count). The molecule has 0 saturated carbocycles. The van der Waals surface area contributed by atoms with Crippen LogP contribution in [0.5, 0.6) is 11.5 Å². The number of ether oxygens (including phenoxy) is 2. The number of urea groups is 1. The van der Waals surface area contributed by atoms with Gasteiger partial charge in [0.15, 0.2) is 11.5 Å². The highest BCUT2D eigenvalue weighted by Gasteiger charge is 2.19. The number of halogens is 2. The largest absolute Gasteiger partial charge is 0.486 e. The molecule has 2 N–H and O–H groups in total. The quantitative estimate of drug-likeness (QED) is 0.432. The van der Waals surface area contributed by atoms with Gasteiger partial charge in [-0.05, 0) is 42.0 Å². The van der Waals surface area contributed by atoms with Crippen LogP contribution in [-0.2, 0) is 13.1 Å². The number of carbonyl (C=O) groups excluding carboxylic acids is 1. The number of aromatic nitrogens is 1. The molecule has 35 heavy (non-hydrogen) atoms. The summed E-state index contributed by atoms with van der Waals surface area (Å²) in [6.07, 6.45) is 0. The summed E-state index contributed by atoms with van der Waals surface area (Å²) in [5.74, 6) is 0.131. The number of pyridine rings is 1. The van der Waals surface area contributed by atoms with Crippen molar-refractivity contribution in [1.82, 2.24) is 9.88 Å². The zero-order valence-electron chi connectivity index (χ0n) is 18.5. The van der Waals surface area contributed by atoms with Crippen LogP contribution in [0.4, 0.5) is 19.3 Å². The third-order valence-electron chi connectivity index (χ3n) is 5.63. The molecule has 7 nitrogen and oxygen atoms in total. The molecule has 1 aliphatic rings. The Balaban J connectivity index is 1.47. The van der Waals surface area contributed by atoms with E-state index in [4.69, 9.17) is 9.47 Å². The summed E-state index contributed by atoms with van der Waals surface area (Å²) in [6, 6.07) is 16.0. The van der Waals surface area contributed by atoms with Gasteiger partial charge < -0.3 is 24.7 Å². The predicted octanol–water partition coefficient (Wildman–Crippen LogP) is 4.81. The van der Waals surface area contributed by atoms with Crippen molar-refractivity contribution in [3.63, 3.8) is 0 Å². The van der Waals surface area contributed by atoms with Crippen LogP contribution in [-0.4, -0.2) is 29.1 Å². The number of anilines is 1. The van der Waals surface area contributed by atoms with Crippen molar-refractivity contribution >= 4 is 22.6 Å². The minimum Gasteiger partial charge on any atom is -0.486 e. The van der Waals surface area contributed by atoms with Crippen LogP contribution in [0.1, 0.15) is 11.1 Å². The third-order valence-corrected chi connectivity index (χ3v) is 5.63. The molecule has 0 spiro atoms. The first-order valence-corrected chi connectivity index (χ1v) is 11.0. The molecular formula is C26H21F2N3O4. The summed E-state index contributed by atoms with van der Waals surface area (Å²) in [6.45, 7) is 0.850. The first-order valence-electron chi connectivity index (χ1n) is 11.0. The zero-order valence-corrected chi connectivity index (χ0v) is 18.5. The van der Waals surface area contributed by atoms with Gasteiger partial charge in [-0.1, -0.05) is 24.3 Å². The van der Waals surface area contributed by atoms with Gasteiger partial charge in [0.05, 0.1) is 17.7 Å². The lowest BCUT2D eigenvalue weighted by atomic mass is 10.1. The van der Waals surface area contributed by atoms with E-state index in [2.05, 4.69) is 10.3 Å². The number of aromatic amines is 1. The zero-order chi connectivity index (χ0) is 24.4. The minimum atomic E-state index is -0.610. The van der Waals surface area contributed by atoms with Gasteiger partial charge in [-0.3, -0.25) is 4.79 Å². The smallest absolute Gasteiger partial charge is 0.322 e. The van der Waals surface area contributed by atoms with E-state index in [0.29, 0.717) is 46.7 Å². The number of hydrogen-bond acceptors (Lipinski definition) is 4. The van der Waals surface area contributed by atoms with Gasteiger partial charge in [0.25, 0.3) is 5.56 Å². The molecule has 2 heterocycles. The van der Waals surface area contributed by atoms with E-state index in [1.165, 1.54) is 35.2 Å². The van der Waals surface area contributed by atoms with E-state index < -0.39 is 17.7 Å². The van der Waals surface area contributed by atoms with Gasteiger partial charge in [0.1, 0.15) is 24.8 Å².